The molecule has 1 heterocycles. The maximum Gasteiger partial charge on any atom is 0.251 e. The Balaban J connectivity index is 1.70. The van der Waals surface area contributed by atoms with E-state index in [0.29, 0.717) is 0 Å². The number of carbonyl (C=O) groups is 1. The van der Waals surface area contributed by atoms with Crippen molar-refractivity contribution in [1.82, 2.24) is 5.32 Å². The molecule has 1 N–H and O–H groups in total. The van der Waals surface area contributed by atoms with Gasteiger partial charge < -0.3 is 9.73 Å². The summed E-state index contributed by atoms with van der Waals surface area (Å²) in [6.07, 6.45) is 6.79. The van der Waals surface area contributed by atoms with Crippen LogP contribution in [0.3, 0.4) is 0 Å². The lowest BCUT2D eigenvalue weighted by Crippen LogP contribution is -2.30. The Morgan fingerprint density at radius 2 is 2.14 bits per heavy atom. The predicted molar refractivity (Wildman–Crippen MR) is 85.5 cm³/mol. The lowest BCUT2D eigenvalue weighted by Gasteiger charge is -2.22. The van der Waals surface area contributed by atoms with Gasteiger partial charge in [-0.15, -0.1) is 0 Å². The lowest BCUT2D eigenvalue weighted by atomic mass is 9.93. The molecule has 1 aromatic carbocycles. The second-order valence-corrected chi connectivity index (χ2v) is 6.21. The van der Waals surface area contributed by atoms with E-state index in [2.05, 4.69) is 11.6 Å². The van der Waals surface area contributed by atoms with Crippen molar-refractivity contribution >= 4 is 17.7 Å². The molecule has 0 radical (unpaired) electrons. The molecule has 1 atom stereocenters. The van der Waals surface area contributed by atoms with Crippen LogP contribution in [0.1, 0.15) is 46.1 Å². The molecule has 4 heteroatoms. The first kappa shape index (κ1) is 14.3. The molecular weight excluding hydrogens is 282 g/mol. The number of carbonyl (C=O) groups excluding carboxylic acids is 1. The molecule has 1 aliphatic carbocycles. The second-order valence-electron chi connectivity index (χ2n) is 5.35. The van der Waals surface area contributed by atoms with Gasteiger partial charge in [-0.2, -0.15) is 11.8 Å². The number of amides is 1. The zero-order valence-electron chi connectivity index (χ0n) is 12.1. The van der Waals surface area contributed by atoms with Gasteiger partial charge in [-0.25, -0.2) is 0 Å². The number of furan rings is 1. The predicted octanol–water partition coefficient (Wildman–Crippen LogP) is 3.95. The van der Waals surface area contributed by atoms with E-state index in [-0.39, 0.29) is 11.9 Å². The summed E-state index contributed by atoms with van der Waals surface area (Å²) < 4.78 is 5.46. The van der Waals surface area contributed by atoms with E-state index in [0.717, 1.165) is 41.9 Å². The molecule has 1 amide bonds. The molecule has 21 heavy (non-hydrogen) atoms. The zero-order valence-corrected chi connectivity index (χ0v) is 12.9. The molecule has 0 saturated carbocycles. The molecule has 1 aromatic heterocycles. The highest BCUT2D eigenvalue weighted by atomic mass is 32.2. The number of hydrogen-bond acceptors (Lipinski definition) is 3. The fourth-order valence-corrected chi connectivity index (χ4v) is 3.32. The monoisotopic (exact) mass is 301 g/mol. The Hall–Kier alpha value is -1.68. The zero-order chi connectivity index (χ0) is 14.7. The van der Waals surface area contributed by atoms with E-state index in [1.165, 1.54) is 5.56 Å². The van der Waals surface area contributed by atoms with E-state index in [4.69, 9.17) is 4.42 Å². The topological polar surface area (TPSA) is 42.2 Å². The minimum absolute atomic E-state index is 0.00949. The Labute approximate surface area is 129 Å². The van der Waals surface area contributed by atoms with Gasteiger partial charge in [0.15, 0.2) is 0 Å². The van der Waals surface area contributed by atoms with Gasteiger partial charge in [0.25, 0.3) is 5.91 Å². The van der Waals surface area contributed by atoms with Crippen molar-refractivity contribution in [2.75, 3.05) is 6.26 Å². The van der Waals surface area contributed by atoms with Crippen LogP contribution >= 0.6 is 11.8 Å². The number of aryl methyl sites for hydroxylation is 1. The first-order valence-electron chi connectivity index (χ1n) is 7.23. The highest BCUT2D eigenvalue weighted by Crippen LogP contribution is 2.30. The Bertz CT molecular complexity index is 618. The summed E-state index contributed by atoms with van der Waals surface area (Å²) in [6, 6.07) is 9.90. The van der Waals surface area contributed by atoms with Crippen LogP contribution in [0.2, 0.25) is 0 Å². The molecule has 110 valence electrons. The van der Waals surface area contributed by atoms with Crippen molar-refractivity contribution in [1.29, 1.82) is 0 Å². The van der Waals surface area contributed by atoms with Gasteiger partial charge in [-0.3, -0.25) is 4.79 Å². The van der Waals surface area contributed by atoms with Crippen LogP contribution in [-0.2, 0) is 12.2 Å². The van der Waals surface area contributed by atoms with Crippen LogP contribution in [0, 0.1) is 0 Å². The molecule has 0 aliphatic heterocycles. The summed E-state index contributed by atoms with van der Waals surface area (Å²) in [7, 11) is 0. The van der Waals surface area contributed by atoms with Gasteiger partial charge in [0.05, 0.1) is 12.3 Å². The number of nitrogens with one attached hydrogen (secondary N) is 1. The number of rotatable bonds is 4. The molecule has 0 spiro atoms. The number of hydrogen-bond donors (Lipinski definition) is 1. The summed E-state index contributed by atoms with van der Waals surface area (Å²) >= 11 is 1.78. The third kappa shape index (κ3) is 3.16. The fourth-order valence-electron chi connectivity index (χ4n) is 2.80. The summed E-state index contributed by atoms with van der Waals surface area (Å²) in [4.78, 5) is 12.4. The van der Waals surface area contributed by atoms with E-state index in [1.54, 1.807) is 18.0 Å². The molecule has 2 aromatic rings. The first-order chi connectivity index (χ1) is 10.3. The highest BCUT2D eigenvalue weighted by Gasteiger charge is 2.24. The number of thioether (sulfide) groups is 1. The third-order valence-corrected chi connectivity index (χ3v) is 4.51. The van der Waals surface area contributed by atoms with Gasteiger partial charge in [0, 0.05) is 23.3 Å². The summed E-state index contributed by atoms with van der Waals surface area (Å²) in [5.74, 6) is 1.98. The summed E-state index contributed by atoms with van der Waals surface area (Å²) in [5.41, 5.74) is 3.10. The third-order valence-electron chi connectivity index (χ3n) is 3.88. The molecule has 3 rings (SSSR count). The van der Waals surface area contributed by atoms with Crippen LogP contribution < -0.4 is 5.32 Å². The minimum Gasteiger partial charge on any atom is -0.469 e. The molecule has 0 fully saturated rings. The average Bonchev–Trinajstić information content (AvgIpc) is 2.98. The maximum atomic E-state index is 12.4. The fraction of sp³-hybridized carbons (Fsp3) is 0.353. The van der Waals surface area contributed by atoms with Crippen LogP contribution in [-0.4, -0.2) is 12.2 Å². The van der Waals surface area contributed by atoms with Crippen molar-refractivity contribution in [2.45, 2.75) is 31.1 Å². The van der Waals surface area contributed by atoms with Gasteiger partial charge in [-0.05, 0) is 42.9 Å². The van der Waals surface area contributed by atoms with Crippen molar-refractivity contribution in [3.63, 3.8) is 0 Å². The molecular formula is C17H19NO2S. The quantitative estimate of drug-likeness (QED) is 0.929. The van der Waals surface area contributed by atoms with Gasteiger partial charge >= 0.3 is 0 Å². The van der Waals surface area contributed by atoms with Crippen molar-refractivity contribution in [2.24, 2.45) is 0 Å². The standard InChI is InChI=1S/C17H19NO2S/c1-21-11-12-5-7-13(8-6-12)17(19)18-15-3-2-4-16-14(15)9-10-20-16/h5-10,15H,2-4,11H2,1H3,(H,18,19). The van der Waals surface area contributed by atoms with Crippen molar-refractivity contribution < 1.29 is 9.21 Å². The lowest BCUT2D eigenvalue weighted by molar-refractivity contribution is 0.0932. The van der Waals surface area contributed by atoms with E-state index in [9.17, 15) is 4.79 Å². The molecule has 0 saturated heterocycles. The number of benzene rings is 1. The smallest absolute Gasteiger partial charge is 0.251 e. The minimum atomic E-state index is -0.00949. The molecule has 1 unspecified atom stereocenters. The second kappa shape index (κ2) is 6.39. The highest BCUT2D eigenvalue weighted by molar-refractivity contribution is 7.97. The van der Waals surface area contributed by atoms with Crippen LogP contribution in [0.4, 0.5) is 0 Å². The SMILES string of the molecule is CSCc1ccc(C(=O)NC2CCCc3occc32)cc1. The van der Waals surface area contributed by atoms with E-state index >= 15 is 0 Å². The largest absolute Gasteiger partial charge is 0.469 e. The Kier molecular flexibility index (Phi) is 4.34. The molecule has 1 aliphatic rings. The van der Waals surface area contributed by atoms with Crippen LogP contribution in [0.15, 0.2) is 41.0 Å². The van der Waals surface area contributed by atoms with Crippen LogP contribution in [0.5, 0.6) is 0 Å². The van der Waals surface area contributed by atoms with Gasteiger partial charge in [0.2, 0.25) is 0 Å². The summed E-state index contributed by atoms with van der Waals surface area (Å²) in [6.45, 7) is 0. The van der Waals surface area contributed by atoms with Gasteiger partial charge in [0.1, 0.15) is 5.76 Å². The molecule has 0 bridgehead atoms. The van der Waals surface area contributed by atoms with Gasteiger partial charge in [-0.1, -0.05) is 12.1 Å². The summed E-state index contributed by atoms with van der Waals surface area (Å²) in [5, 5.41) is 3.12. The van der Waals surface area contributed by atoms with E-state index in [1.807, 2.05) is 30.3 Å². The van der Waals surface area contributed by atoms with Crippen molar-refractivity contribution in [3.05, 3.63) is 59.0 Å². The van der Waals surface area contributed by atoms with Crippen LogP contribution in [0.25, 0.3) is 0 Å². The normalized spacial score (nSPS) is 17.3. The van der Waals surface area contributed by atoms with Crippen molar-refractivity contribution in [3.8, 4) is 0 Å². The first-order valence-corrected chi connectivity index (χ1v) is 8.62. The van der Waals surface area contributed by atoms with E-state index < -0.39 is 0 Å². The Morgan fingerprint density at radius 1 is 1.33 bits per heavy atom. The number of fused-ring (bicyclic) bond motifs is 1. The Morgan fingerprint density at radius 3 is 2.90 bits per heavy atom. The maximum absolute atomic E-state index is 12.4. The molecule has 3 nitrogen and oxygen atoms in total. The average molecular weight is 301 g/mol.